The number of para-hydroxylation sites is 1. The zero-order valence-electron chi connectivity index (χ0n) is 11.5. The molecule has 4 heteroatoms. The summed E-state index contributed by atoms with van der Waals surface area (Å²) < 4.78 is 11.0. The molecule has 0 aliphatic rings. The fourth-order valence-electron chi connectivity index (χ4n) is 2.06. The SMILES string of the molecule is COc1cccc2oc(CNc3ccc(C)cc3)nc12. The number of ether oxygens (including phenoxy) is 1. The molecule has 0 saturated carbocycles. The second kappa shape index (κ2) is 5.25. The lowest BCUT2D eigenvalue weighted by Gasteiger charge is -2.03. The van der Waals surface area contributed by atoms with Gasteiger partial charge in [-0.15, -0.1) is 0 Å². The number of rotatable bonds is 4. The van der Waals surface area contributed by atoms with Gasteiger partial charge in [0, 0.05) is 5.69 Å². The molecule has 20 heavy (non-hydrogen) atoms. The Bertz CT molecular complexity index is 717. The molecule has 0 fully saturated rings. The normalized spacial score (nSPS) is 10.7. The van der Waals surface area contributed by atoms with Crippen LogP contribution in [0.2, 0.25) is 0 Å². The maximum Gasteiger partial charge on any atom is 0.214 e. The van der Waals surface area contributed by atoms with Gasteiger partial charge in [0.1, 0.15) is 5.75 Å². The molecule has 0 saturated heterocycles. The van der Waals surface area contributed by atoms with Crippen LogP contribution in [0.1, 0.15) is 11.5 Å². The highest BCUT2D eigenvalue weighted by Gasteiger charge is 2.09. The molecule has 1 heterocycles. The molecule has 4 nitrogen and oxygen atoms in total. The van der Waals surface area contributed by atoms with Crippen LogP contribution in [-0.2, 0) is 6.54 Å². The lowest BCUT2D eigenvalue weighted by Crippen LogP contribution is -1.99. The molecule has 1 aromatic heterocycles. The summed E-state index contributed by atoms with van der Waals surface area (Å²) in [4.78, 5) is 4.46. The van der Waals surface area contributed by atoms with Gasteiger partial charge in [-0.1, -0.05) is 23.8 Å². The van der Waals surface area contributed by atoms with Crippen LogP contribution in [0.25, 0.3) is 11.1 Å². The summed E-state index contributed by atoms with van der Waals surface area (Å²) in [6, 6.07) is 13.9. The first-order valence-corrected chi connectivity index (χ1v) is 6.49. The van der Waals surface area contributed by atoms with Gasteiger partial charge in [-0.25, -0.2) is 4.98 Å². The number of anilines is 1. The van der Waals surface area contributed by atoms with Crippen molar-refractivity contribution in [2.45, 2.75) is 13.5 Å². The molecule has 3 rings (SSSR count). The highest BCUT2D eigenvalue weighted by Crippen LogP contribution is 2.25. The van der Waals surface area contributed by atoms with Crippen LogP contribution in [0.3, 0.4) is 0 Å². The number of methoxy groups -OCH3 is 1. The minimum atomic E-state index is 0.543. The minimum absolute atomic E-state index is 0.543. The Morgan fingerprint density at radius 1 is 1.15 bits per heavy atom. The Hall–Kier alpha value is -2.49. The van der Waals surface area contributed by atoms with Crippen molar-refractivity contribution in [1.29, 1.82) is 0 Å². The van der Waals surface area contributed by atoms with E-state index in [2.05, 4.69) is 29.4 Å². The third kappa shape index (κ3) is 2.45. The Kier molecular flexibility index (Phi) is 3.29. The number of hydrogen-bond donors (Lipinski definition) is 1. The maximum absolute atomic E-state index is 5.70. The minimum Gasteiger partial charge on any atom is -0.494 e. The quantitative estimate of drug-likeness (QED) is 0.782. The van der Waals surface area contributed by atoms with Gasteiger partial charge in [0.2, 0.25) is 5.89 Å². The van der Waals surface area contributed by atoms with Crippen molar-refractivity contribution in [2.24, 2.45) is 0 Å². The number of nitrogens with one attached hydrogen (secondary N) is 1. The number of oxazole rings is 1. The number of nitrogens with zero attached hydrogens (tertiary/aromatic N) is 1. The second-order valence-corrected chi connectivity index (χ2v) is 4.63. The van der Waals surface area contributed by atoms with Crippen molar-refractivity contribution in [1.82, 2.24) is 4.98 Å². The Balaban J connectivity index is 1.79. The van der Waals surface area contributed by atoms with Crippen LogP contribution in [-0.4, -0.2) is 12.1 Å². The number of hydrogen-bond acceptors (Lipinski definition) is 4. The molecule has 0 unspecified atom stereocenters. The summed E-state index contributed by atoms with van der Waals surface area (Å²) in [6.45, 7) is 2.61. The van der Waals surface area contributed by atoms with Gasteiger partial charge in [0.05, 0.1) is 13.7 Å². The standard InChI is InChI=1S/C16H16N2O2/c1-11-6-8-12(9-7-11)17-10-15-18-16-13(19-2)4-3-5-14(16)20-15/h3-9,17H,10H2,1-2H3. The molecule has 0 aliphatic carbocycles. The van der Waals surface area contributed by atoms with E-state index in [-0.39, 0.29) is 0 Å². The monoisotopic (exact) mass is 268 g/mol. The van der Waals surface area contributed by atoms with E-state index < -0.39 is 0 Å². The third-order valence-corrected chi connectivity index (χ3v) is 3.14. The molecule has 0 spiro atoms. The van der Waals surface area contributed by atoms with E-state index >= 15 is 0 Å². The van der Waals surface area contributed by atoms with Gasteiger partial charge in [0.25, 0.3) is 0 Å². The molecule has 3 aromatic rings. The van der Waals surface area contributed by atoms with E-state index in [0.717, 1.165) is 22.5 Å². The van der Waals surface area contributed by atoms with Gasteiger partial charge in [-0.2, -0.15) is 0 Å². The van der Waals surface area contributed by atoms with Gasteiger partial charge < -0.3 is 14.5 Å². The highest BCUT2D eigenvalue weighted by molar-refractivity contribution is 5.79. The Morgan fingerprint density at radius 3 is 2.70 bits per heavy atom. The average molecular weight is 268 g/mol. The summed E-state index contributed by atoms with van der Waals surface area (Å²) >= 11 is 0. The predicted molar refractivity (Wildman–Crippen MR) is 79.1 cm³/mol. The van der Waals surface area contributed by atoms with Gasteiger partial charge >= 0.3 is 0 Å². The van der Waals surface area contributed by atoms with E-state index in [0.29, 0.717) is 12.4 Å². The summed E-state index contributed by atoms with van der Waals surface area (Å²) in [5.74, 6) is 1.37. The smallest absolute Gasteiger partial charge is 0.214 e. The van der Waals surface area contributed by atoms with E-state index in [1.165, 1.54) is 5.56 Å². The summed E-state index contributed by atoms with van der Waals surface area (Å²) in [5, 5.41) is 3.29. The van der Waals surface area contributed by atoms with Crippen molar-refractivity contribution in [3.63, 3.8) is 0 Å². The molecule has 102 valence electrons. The van der Waals surface area contributed by atoms with Crippen molar-refractivity contribution >= 4 is 16.8 Å². The predicted octanol–water partition coefficient (Wildman–Crippen LogP) is 3.76. The van der Waals surface area contributed by atoms with Crippen LogP contribution in [0.5, 0.6) is 5.75 Å². The molecule has 0 bridgehead atoms. The first kappa shape index (κ1) is 12.5. The Morgan fingerprint density at radius 2 is 1.95 bits per heavy atom. The highest BCUT2D eigenvalue weighted by atomic mass is 16.5. The van der Waals surface area contributed by atoms with Gasteiger partial charge in [-0.3, -0.25) is 0 Å². The van der Waals surface area contributed by atoms with Crippen molar-refractivity contribution in [2.75, 3.05) is 12.4 Å². The molecule has 0 aliphatic heterocycles. The lowest BCUT2D eigenvalue weighted by atomic mass is 10.2. The Labute approximate surface area is 117 Å². The second-order valence-electron chi connectivity index (χ2n) is 4.63. The van der Waals surface area contributed by atoms with Crippen LogP contribution in [0.15, 0.2) is 46.9 Å². The van der Waals surface area contributed by atoms with E-state index in [1.54, 1.807) is 7.11 Å². The number of fused-ring (bicyclic) bond motifs is 1. The number of benzene rings is 2. The number of aryl methyl sites for hydroxylation is 1. The lowest BCUT2D eigenvalue weighted by molar-refractivity contribution is 0.419. The molecule has 0 amide bonds. The third-order valence-electron chi connectivity index (χ3n) is 3.14. The van der Waals surface area contributed by atoms with E-state index in [9.17, 15) is 0 Å². The van der Waals surface area contributed by atoms with Crippen molar-refractivity contribution < 1.29 is 9.15 Å². The molecular weight excluding hydrogens is 252 g/mol. The zero-order valence-corrected chi connectivity index (χ0v) is 11.5. The fraction of sp³-hybridized carbons (Fsp3) is 0.188. The zero-order chi connectivity index (χ0) is 13.9. The van der Waals surface area contributed by atoms with Crippen LogP contribution in [0, 0.1) is 6.92 Å². The summed E-state index contributed by atoms with van der Waals surface area (Å²) in [7, 11) is 1.63. The average Bonchev–Trinajstić information content (AvgIpc) is 2.89. The number of aromatic nitrogens is 1. The maximum atomic E-state index is 5.70. The van der Waals surface area contributed by atoms with Gasteiger partial charge in [0.15, 0.2) is 11.1 Å². The summed E-state index contributed by atoms with van der Waals surface area (Å²) in [6.07, 6.45) is 0. The van der Waals surface area contributed by atoms with Gasteiger partial charge in [-0.05, 0) is 31.2 Å². The van der Waals surface area contributed by atoms with Crippen molar-refractivity contribution in [3.05, 3.63) is 53.9 Å². The van der Waals surface area contributed by atoms with Crippen LogP contribution >= 0.6 is 0 Å². The first-order chi connectivity index (χ1) is 9.76. The fourth-order valence-corrected chi connectivity index (χ4v) is 2.06. The van der Waals surface area contributed by atoms with E-state index in [1.807, 2.05) is 30.3 Å². The van der Waals surface area contributed by atoms with Crippen molar-refractivity contribution in [3.8, 4) is 5.75 Å². The molecule has 2 aromatic carbocycles. The molecular formula is C16H16N2O2. The molecule has 0 radical (unpaired) electrons. The molecule has 0 atom stereocenters. The van der Waals surface area contributed by atoms with E-state index in [4.69, 9.17) is 9.15 Å². The topological polar surface area (TPSA) is 47.3 Å². The first-order valence-electron chi connectivity index (χ1n) is 6.49. The van der Waals surface area contributed by atoms with Crippen LogP contribution < -0.4 is 10.1 Å². The van der Waals surface area contributed by atoms with Crippen LogP contribution in [0.4, 0.5) is 5.69 Å². The molecule has 1 N–H and O–H groups in total. The summed E-state index contributed by atoms with van der Waals surface area (Å²) in [5.41, 5.74) is 3.78. The largest absolute Gasteiger partial charge is 0.494 e.